The predicted molar refractivity (Wildman–Crippen MR) is 69.8 cm³/mol. The fraction of sp³-hybridized carbons (Fsp3) is 0.867. The lowest BCUT2D eigenvalue weighted by molar-refractivity contribution is 0.516. The van der Waals surface area contributed by atoms with Gasteiger partial charge in [0.1, 0.15) is 0 Å². The zero-order valence-corrected chi connectivity index (χ0v) is 11.1. The van der Waals surface area contributed by atoms with Gasteiger partial charge in [0, 0.05) is 12.3 Å². The smallest absolute Gasteiger partial charge is 0.0146 e. The second-order valence-corrected chi connectivity index (χ2v) is 5.18. The summed E-state index contributed by atoms with van der Waals surface area (Å²) < 4.78 is 0. The molecule has 0 fully saturated rings. The molecule has 0 aromatic carbocycles. The number of hydrogen-bond acceptors (Lipinski definition) is 0. The minimum Gasteiger partial charge on any atom is -0.103 e. The highest BCUT2D eigenvalue weighted by atomic mass is 14.0. The van der Waals surface area contributed by atoms with Gasteiger partial charge in [0.05, 0.1) is 0 Å². The van der Waals surface area contributed by atoms with Crippen molar-refractivity contribution in [2.24, 2.45) is 11.8 Å². The van der Waals surface area contributed by atoms with Gasteiger partial charge in [0.15, 0.2) is 0 Å². The quantitative estimate of drug-likeness (QED) is 0.406. The topological polar surface area (TPSA) is 0 Å². The Bertz CT molecular complexity index is 178. The monoisotopic (exact) mass is 208 g/mol. The molecule has 0 radical (unpaired) electrons. The molecular formula is C15H28. The molecule has 0 saturated heterocycles. The molecule has 0 amide bonds. The summed E-state index contributed by atoms with van der Waals surface area (Å²) in [6.45, 7) is 8.92. The molecule has 0 saturated carbocycles. The fourth-order valence-corrected chi connectivity index (χ4v) is 1.57. The van der Waals surface area contributed by atoms with Crippen LogP contribution in [0.25, 0.3) is 0 Å². The summed E-state index contributed by atoms with van der Waals surface area (Å²) in [5.74, 6) is 7.87. The van der Waals surface area contributed by atoms with Gasteiger partial charge in [-0.1, -0.05) is 59.8 Å². The lowest BCUT2D eigenvalue weighted by atomic mass is 10.0. The largest absolute Gasteiger partial charge is 0.103 e. The Kier molecular flexibility index (Phi) is 9.79. The average molecular weight is 208 g/mol. The maximum absolute atomic E-state index is 3.24. The first-order chi connectivity index (χ1) is 7.13. The zero-order valence-electron chi connectivity index (χ0n) is 11.1. The minimum atomic E-state index is 0.538. The third-order valence-corrected chi connectivity index (χ3v) is 2.47. The first kappa shape index (κ1) is 14.6. The molecule has 0 heterocycles. The molecule has 0 bridgehead atoms. The van der Waals surface area contributed by atoms with E-state index in [-0.39, 0.29) is 0 Å². The maximum atomic E-state index is 3.24. The van der Waals surface area contributed by atoms with Gasteiger partial charge in [0.2, 0.25) is 0 Å². The van der Waals surface area contributed by atoms with Crippen molar-refractivity contribution in [2.45, 2.75) is 72.6 Å². The second-order valence-electron chi connectivity index (χ2n) is 5.18. The Morgan fingerprint density at radius 1 is 0.800 bits per heavy atom. The van der Waals surface area contributed by atoms with E-state index in [9.17, 15) is 0 Å². The molecule has 88 valence electrons. The van der Waals surface area contributed by atoms with E-state index in [0.717, 1.165) is 12.3 Å². The Labute approximate surface area is 96.8 Å². The Morgan fingerprint density at radius 2 is 1.40 bits per heavy atom. The van der Waals surface area contributed by atoms with Crippen LogP contribution < -0.4 is 0 Å². The van der Waals surface area contributed by atoms with Gasteiger partial charge in [-0.15, -0.1) is 11.8 Å². The number of rotatable bonds is 7. The summed E-state index contributed by atoms with van der Waals surface area (Å²) in [5, 5.41) is 0. The standard InChI is InChI=1S/C15H28/c1-14(2)12-10-8-6-5-7-9-11-13-15(3)4/h14-15H,5-10,12H2,1-4H3. The van der Waals surface area contributed by atoms with E-state index < -0.39 is 0 Å². The molecule has 0 spiro atoms. The fourth-order valence-electron chi connectivity index (χ4n) is 1.57. The third-order valence-electron chi connectivity index (χ3n) is 2.47. The summed E-state index contributed by atoms with van der Waals surface area (Å²) in [6, 6.07) is 0. The van der Waals surface area contributed by atoms with Gasteiger partial charge in [-0.3, -0.25) is 0 Å². The average Bonchev–Trinajstić information content (AvgIpc) is 2.14. The lowest BCUT2D eigenvalue weighted by Crippen LogP contribution is -1.87. The van der Waals surface area contributed by atoms with Crippen molar-refractivity contribution >= 4 is 0 Å². The Hall–Kier alpha value is -0.440. The van der Waals surface area contributed by atoms with Crippen molar-refractivity contribution in [3.05, 3.63) is 0 Å². The Balaban J connectivity index is 3.10. The van der Waals surface area contributed by atoms with Gasteiger partial charge in [0.25, 0.3) is 0 Å². The van der Waals surface area contributed by atoms with Gasteiger partial charge in [-0.2, -0.15) is 0 Å². The van der Waals surface area contributed by atoms with E-state index in [0.29, 0.717) is 5.92 Å². The summed E-state index contributed by atoms with van der Waals surface area (Å²) in [4.78, 5) is 0. The van der Waals surface area contributed by atoms with Crippen LogP contribution >= 0.6 is 0 Å². The summed E-state index contributed by atoms with van der Waals surface area (Å²) in [5.41, 5.74) is 0. The minimum absolute atomic E-state index is 0.538. The normalized spacial score (nSPS) is 10.5. The molecule has 0 aromatic rings. The van der Waals surface area contributed by atoms with Crippen molar-refractivity contribution in [1.82, 2.24) is 0 Å². The predicted octanol–water partition coefficient (Wildman–Crippen LogP) is 5.03. The van der Waals surface area contributed by atoms with Crippen LogP contribution in [0.5, 0.6) is 0 Å². The van der Waals surface area contributed by atoms with E-state index in [1.165, 1.54) is 38.5 Å². The zero-order chi connectivity index (χ0) is 11.5. The van der Waals surface area contributed by atoms with Gasteiger partial charge >= 0.3 is 0 Å². The highest BCUT2D eigenvalue weighted by Crippen LogP contribution is 2.10. The van der Waals surface area contributed by atoms with Gasteiger partial charge in [-0.25, -0.2) is 0 Å². The molecular weight excluding hydrogens is 180 g/mol. The molecule has 0 nitrogen and oxygen atoms in total. The van der Waals surface area contributed by atoms with Crippen LogP contribution in [0.4, 0.5) is 0 Å². The van der Waals surface area contributed by atoms with Crippen molar-refractivity contribution in [1.29, 1.82) is 0 Å². The second kappa shape index (κ2) is 10.1. The molecule has 0 aliphatic rings. The lowest BCUT2D eigenvalue weighted by Gasteiger charge is -2.03. The van der Waals surface area contributed by atoms with Gasteiger partial charge < -0.3 is 0 Å². The van der Waals surface area contributed by atoms with E-state index in [1.54, 1.807) is 0 Å². The molecule has 0 aliphatic carbocycles. The van der Waals surface area contributed by atoms with Gasteiger partial charge in [-0.05, 0) is 12.3 Å². The van der Waals surface area contributed by atoms with Crippen LogP contribution in [0.3, 0.4) is 0 Å². The highest BCUT2D eigenvalue weighted by Gasteiger charge is 1.94. The molecule has 0 aromatic heterocycles. The van der Waals surface area contributed by atoms with E-state index in [1.807, 2.05) is 0 Å². The van der Waals surface area contributed by atoms with Crippen LogP contribution in [0.2, 0.25) is 0 Å². The van der Waals surface area contributed by atoms with Crippen LogP contribution in [0.1, 0.15) is 72.6 Å². The summed E-state index contributed by atoms with van der Waals surface area (Å²) in [6.07, 6.45) is 9.38. The highest BCUT2D eigenvalue weighted by molar-refractivity contribution is 5.00. The Morgan fingerprint density at radius 3 is 2.00 bits per heavy atom. The summed E-state index contributed by atoms with van der Waals surface area (Å²) in [7, 11) is 0. The maximum Gasteiger partial charge on any atom is 0.0146 e. The molecule has 0 aliphatic heterocycles. The van der Waals surface area contributed by atoms with E-state index in [4.69, 9.17) is 0 Å². The first-order valence-electron chi connectivity index (χ1n) is 6.61. The van der Waals surface area contributed by atoms with Crippen molar-refractivity contribution in [3.8, 4) is 11.8 Å². The van der Waals surface area contributed by atoms with E-state index in [2.05, 4.69) is 39.5 Å². The van der Waals surface area contributed by atoms with Crippen molar-refractivity contribution < 1.29 is 0 Å². The van der Waals surface area contributed by atoms with Crippen LogP contribution in [0, 0.1) is 23.7 Å². The third kappa shape index (κ3) is 13.6. The summed E-state index contributed by atoms with van der Waals surface area (Å²) >= 11 is 0. The van der Waals surface area contributed by atoms with Crippen LogP contribution in [-0.4, -0.2) is 0 Å². The molecule has 0 unspecified atom stereocenters. The van der Waals surface area contributed by atoms with E-state index >= 15 is 0 Å². The molecule has 0 atom stereocenters. The van der Waals surface area contributed by atoms with Crippen molar-refractivity contribution in [3.63, 3.8) is 0 Å². The van der Waals surface area contributed by atoms with Crippen LogP contribution in [-0.2, 0) is 0 Å². The molecule has 0 heteroatoms. The van der Waals surface area contributed by atoms with Crippen molar-refractivity contribution in [2.75, 3.05) is 0 Å². The van der Waals surface area contributed by atoms with Crippen LogP contribution in [0.15, 0.2) is 0 Å². The molecule has 15 heavy (non-hydrogen) atoms. The molecule has 0 N–H and O–H groups in total. The molecule has 0 rings (SSSR count). The number of hydrogen-bond donors (Lipinski definition) is 0. The number of unbranched alkanes of at least 4 members (excludes halogenated alkanes) is 5. The SMILES string of the molecule is CC(C)C#CCCCCCCCC(C)C. The first-order valence-corrected chi connectivity index (χ1v) is 6.61.